The van der Waals surface area contributed by atoms with Gasteiger partial charge in [-0.05, 0) is 82.6 Å². The molecule has 1 aliphatic rings. The van der Waals surface area contributed by atoms with E-state index in [9.17, 15) is 14.4 Å². The van der Waals surface area contributed by atoms with Gasteiger partial charge in [0.15, 0.2) is 5.96 Å². The monoisotopic (exact) mass is 833 g/mol. The normalized spacial score (nSPS) is 13.9. The first kappa shape index (κ1) is 54.2. The number of unbranched alkanes of at least 4 members (excludes halogenated alkanes) is 17. The zero-order chi connectivity index (χ0) is 43.2. The van der Waals surface area contributed by atoms with Crippen molar-refractivity contribution in [3.63, 3.8) is 0 Å². The Kier molecular flexibility index (Phi) is 35.1. The topological polar surface area (TPSA) is 155 Å². The molecule has 0 bridgehead atoms. The predicted molar refractivity (Wildman–Crippen MR) is 245 cm³/mol. The van der Waals surface area contributed by atoms with E-state index >= 15 is 0 Å². The van der Waals surface area contributed by atoms with E-state index < -0.39 is 0 Å². The summed E-state index contributed by atoms with van der Waals surface area (Å²) < 4.78 is 17.9. The maximum Gasteiger partial charge on any atom is 0.308 e. The minimum atomic E-state index is -0.294. The second kappa shape index (κ2) is 38.2. The number of hydrogen-bond donors (Lipinski definition) is 3. The van der Waals surface area contributed by atoms with Crippen molar-refractivity contribution >= 4 is 23.8 Å². The van der Waals surface area contributed by atoms with Crippen molar-refractivity contribution in [3.05, 3.63) is 11.3 Å². The molecule has 0 aromatic carbocycles. The Morgan fingerprint density at radius 1 is 0.542 bits per heavy atom. The quantitative estimate of drug-likeness (QED) is 0.0181. The lowest BCUT2D eigenvalue weighted by Crippen LogP contribution is -2.39. The minimum absolute atomic E-state index is 0.00139. The molecule has 0 aromatic rings. The van der Waals surface area contributed by atoms with Gasteiger partial charge in [0, 0.05) is 13.0 Å². The van der Waals surface area contributed by atoms with E-state index in [2.05, 4.69) is 38.0 Å². The molecule has 3 unspecified atom stereocenters. The largest absolute Gasteiger partial charge is 0.496 e. The Morgan fingerprint density at radius 2 is 0.966 bits per heavy atom. The smallest absolute Gasteiger partial charge is 0.308 e. The summed E-state index contributed by atoms with van der Waals surface area (Å²) in [6, 6.07) is -0.294. The molecule has 59 heavy (non-hydrogen) atoms. The van der Waals surface area contributed by atoms with Crippen LogP contribution in [0.5, 0.6) is 0 Å². The molecule has 0 spiro atoms. The summed E-state index contributed by atoms with van der Waals surface area (Å²) in [5, 5.41) is 3.24. The third-order valence-corrected chi connectivity index (χ3v) is 11.8. The third-order valence-electron chi connectivity index (χ3n) is 11.8. The fourth-order valence-corrected chi connectivity index (χ4v) is 7.81. The lowest BCUT2D eigenvalue weighted by Gasteiger charge is -2.29. The summed E-state index contributed by atoms with van der Waals surface area (Å²) in [6.07, 6.45) is 32.8. The molecule has 10 nitrogen and oxygen atoms in total. The number of amides is 1. The van der Waals surface area contributed by atoms with Gasteiger partial charge in [-0.3, -0.25) is 19.4 Å². The number of allylic oxidation sites excluding steroid dienone is 1. The second-order valence-electron chi connectivity index (χ2n) is 17.2. The Labute approximate surface area is 362 Å². The first-order valence-electron chi connectivity index (χ1n) is 24.8. The molecule has 1 rings (SSSR count). The van der Waals surface area contributed by atoms with Gasteiger partial charge in [0.2, 0.25) is 5.91 Å². The van der Waals surface area contributed by atoms with Crippen LogP contribution in [0.1, 0.15) is 233 Å². The highest BCUT2D eigenvalue weighted by Crippen LogP contribution is 2.32. The Bertz CT molecular complexity index is 1120. The van der Waals surface area contributed by atoms with E-state index in [-0.39, 0.29) is 41.7 Å². The van der Waals surface area contributed by atoms with E-state index in [1.165, 1.54) is 76.2 Å². The maximum atomic E-state index is 13.2. The average Bonchev–Trinajstić information content (AvgIpc) is 3.20. The molecule has 10 heteroatoms. The number of nitrogens with one attached hydrogen (secondary N) is 1. The molecule has 3 atom stereocenters. The molecule has 0 aliphatic heterocycles. The lowest BCUT2D eigenvalue weighted by atomic mass is 9.88. The fraction of sp³-hybridized carbons (Fsp3) is 0.878. The van der Waals surface area contributed by atoms with Crippen molar-refractivity contribution in [1.29, 1.82) is 0 Å². The molecule has 0 saturated heterocycles. The first-order valence-corrected chi connectivity index (χ1v) is 24.8. The molecular formula is C49H92N4O6. The summed E-state index contributed by atoms with van der Waals surface area (Å²) >= 11 is 0. The molecule has 1 aliphatic carbocycles. The molecule has 1 saturated carbocycles. The first-order chi connectivity index (χ1) is 28.8. The molecular weight excluding hydrogens is 741 g/mol. The third kappa shape index (κ3) is 29.2. The van der Waals surface area contributed by atoms with Crippen LogP contribution in [0.3, 0.4) is 0 Å². The van der Waals surface area contributed by atoms with Crippen LogP contribution >= 0.6 is 0 Å². The fourth-order valence-electron chi connectivity index (χ4n) is 7.81. The number of aliphatic imine (C=N–C) groups is 1. The molecule has 344 valence electrons. The van der Waals surface area contributed by atoms with E-state index in [0.717, 1.165) is 128 Å². The minimum Gasteiger partial charge on any atom is -0.496 e. The van der Waals surface area contributed by atoms with Crippen LogP contribution < -0.4 is 16.8 Å². The number of hydrogen-bond acceptors (Lipinski definition) is 7. The van der Waals surface area contributed by atoms with Crippen LogP contribution in [-0.4, -0.2) is 56.2 Å². The van der Waals surface area contributed by atoms with Crippen molar-refractivity contribution in [2.75, 3.05) is 26.4 Å². The number of guanidine groups is 1. The number of ether oxygens (including phenoxy) is 3. The molecule has 0 heterocycles. The van der Waals surface area contributed by atoms with Crippen LogP contribution in [-0.2, 0) is 28.6 Å². The van der Waals surface area contributed by atoms with Crippen molar-refractivity contribution in [3.8, 4) is 0 Å². The van der Waals surface area contributed by atoms with Gasteiger partial charge in [-0.1, -0.05) is 150 Å². The van der Waals surface area contributed by atoms with Crippen molar-refractivity contribution in [2.24, 2.45) is 28.3 Å². The zero-order valence-corrected chi connectivity index (χ0v) is 38.7. The summed E-state index contributed by atoms with van der Waals surface area (Å²) in [5.41, 5.74) is 12.5. The number of esters is 2. The highest BCUT2D eigenvalue weighted by Gasteiger charge is 2.26. The highest BCUT2D eigenvalue weighted by atomic mass is 16.5. The van der Waals surface area contributed by atoms with Crippen molar-refractivity contribution in [2.45, 2.75) is 239 Å². The van der Waals surface area contributed by atoms with Gasteiger partial charge < -0.3 is 31.0 Å². The second-order valence-corrected chi connectivity index (χ2v) is 17.2. The van der Waals surface area contributed by atoms with Gasteiger partial charge >= 0.3 is 11.9 Å². The summed E-state index contributed by atoms with van der Waals surface area (Å²) in [5.74, 6) is 0.888. The highest BCUT2D eigenvalue weighted by molar-refractivity contribution is 5.77. The van der Waals surface area contributed by atoms with Crippen molar-refractivity contribution in [1.82, 2.24) is 5.32 Å². The van der Waals surface area contributed by atoms with Gasteiger partial charge in [0.25, 0.3) is 0 Å². The number of carbonyl (C=O) groups is 3. The van der Waals surface area contributed by atoms with E-state index in [1.807, 2.05) is 0 Å². The molecule has 1 amide bonds. The van der Waals surface area contributed by atoms with Gasteiger partial charge in [0.05, 0.1) is 37.7 Å². The maximum absolute atomic E-state index is 13.2. The lowest BCUT2D eigenvalue weighted by molar-refractivity contribution is -0.150. The van der Waals surface area contributed by atoms with E-state index in [4.69, 9.17) is 25.7 Å². The Balaban J connectivity index is 2.51. The van der Waals surface area contributed by atoms with Crippen molar-refractivity contribution < 1.29 is 28.6 Å². The summed E-state index contributed by atoms with van der Waals surface area (Å²) in [4.78, 5) is 43.3. The van der Waals surface area contributed by atoms with Crippen LogP contribution in [0.25, 0.3) is 0 Å². The van der Waals surface area contributed by atoms with Crippen LogP contribution in [0, 0.1) is 11.8 Å². The van der Waals surface area contributed by atoms with Crippen LogP contribution in [0.4, 0.5) is 0 Å². The molecule has 0 aromatic heterocycles. The number of nitrogens with two attached hydrogens (primary N) is 2. The number of nitrogens with zero attached hydrogens (tertiary/aromatic N) is 1. The Hall–Kier alpha value is -2.78. The molecule has 0 radical (unpaired) electrons. The average molecular weight is 833 g/mol. The van der Waals surface area contributed by atoms with Crippen LogP contribution in [0.2, 0.25) is 0 Å². The van der Waals surface area contributed by atoms with E-state index in [1.54, 1.807) is 0 Å². The number of rotatable bonds is 41. The Morgan fingerprint density at radius 3 is 1.46 bits per heavy atom. The summed E-state index contributed by atoms with van der Waals surface area (Å²) in [6.45, 7) is 10.6. The standard InChI is InChI=1S/C49H92N4O6/c1-5-9-13-16-18-23-32-43(31-22-15-11-7-3)48(56)58-39-25-20-17-19-24-35-45(54)53-44(36-37-52-49(50)51)46(41-33-28-34-41)57-38-26-27-40-59-47(55)42(29-12-8-4)30-21-14-10-6-2/h42-44H,5-40H2,1-4H3,(H,53,54)(H4,50,51,52). The summed E-state index contributed by atoms with van der Waals surface area (Å²) in [7, 11) is 0. The molecule has 5 N–H and O–H groups in total. The van der Waals surface area contributed by atoms with Crippen LogP contribution in [0.15, 0.2) is 16.3 Å². The number of carbonyl (C=O) groups excluding carboxylic acids is 3. The van der Waals surface area contributed by atoms with Gasteiger partial charge in [-0.15, -0.1) is 0 Å². The molecule has 1 fully saturated rings. The van der Waals surface area contributed by atoms with Gasteiger partial charge in [0.1, 0.15) is 5.76 Å². The predicted octanol–water partition coefficient (Wildman–Crippen LogP) is 11.9. The zero-order valence-electron chi connectivity index (χ0n) is 38.7. The van der Waals surface area contributed by atoms with Gasteiger partial charge in [-0.2, -0.15) is 0 Å². The SMILES string of the molecule is CCCCCCCCC(CCCCCC)C(=O)OCCCCCCCC(=O)NC(CCN=C(N)N)C(OCCCCOC(=O)C(CCCC)CCCCCC)=C1CCC1. The van der Waals surface area contributed by atoms with E-state index in [0.29, 0.717) is 39.2 Å². The van der Waals surface area contributed by atoms with Gasteiger partial charge in [-0.25, -0.2) is 0 Å².